The zero-order valence-corrected chi connectivity index (χ0v) is 25.4. The predicted molar refractivity (Wildman–Crippen MR) is 146 cm³/mol. The van der Waals surface area contributed by atoms with E-state index in [1.165, 1.54) is 14.2 Å². The Morgan fingerprint density at radius 3 is 2.13 bits per heavy atom. The molecule has 4 saturated carbocycles. The van der Waals surface area contributed by atoms with Crippen LogP contribution in [0.1, 0.15) is 93.4 Å². The molecule has 0 aromatic heterocycles. The van der Waals surface area contributed by atoms with Crippen molar-refractivity contribution in [2.45, 2.75) is 111 Å². The van der Waals surface area contributed by atoms with Gasteiger partial charge < -0.3 is 24.8 Å². The lowest BCUT2D eigenvalue weighted by molar-refractivity contribution is -0.224. The van der Waals surface area contributed by atoms with E-state index in [4.69, 9.17) is 9.47 Å². The number of carbonyl (C=O) groups is 2. The van der Waals surface area contributed by atoms with Crippen LogP contribution in [0.2, 0.25) is 0 Å². The number of aliphatic hydroxyl groups excluding tert-OH is 1. The van der Waals surface area contributed by atoms with Crippen LogP contribution in [-0.2, 0) is 19.1 Å². The van der Waals surface area contributed by atoms with Crippen molar-refractivity contribution in [3.8, 4) is 0 Å². The maximum Gasteiger partial charge on any atom is 0.338 e. The second-order valence-electron chi connectivity index (χ2n) is 15.4. The van der Waals surface area contributed by atoms with Gasteiger partial charge in [-0.15, -0.1) is 0 Å². The van der Waals surface area contributed by atoms with Gasteiger partial charge in [-0.1, -0.05) is 53.2 Å². The van der Waals surface area contributed by atoms with Crippen LogP contribution in [0.5, 0.6) is 0 Å². The summed E-state index contributed by atoms with van der Waals surface area (Å²) in [5.74, 6) is -1.20. The highest BCUT2D eigenvalue weighted by atomic mass is 16.5. The van der Waals surface area contributed by atoms with Gasteiger partial charge in [0.1, 0.15) is 0 Å². The molecule has 0 aromatic carbocycles. The molecule has 0 unspecified atom stereocenters. The predicted octanol–water partition coefficient (Wildman–Crippen LogP) is 4.42. The number of hydrogen-bond donors (Lipinski definition) is 3. The van der Waals surface area contributed by atoms with Gasteiger partial charge in [-0.25, -0.2) is 4.79 Å². The fourth-order valence-corrected chi connectivity index (χ4v) is 11.5. The number of allylic oxidation sites excluding steroid dienone is 1. The van der Waals surface area contributed by atoms with E-state index in [0.717, 1.165) is 18.4 Å². The lowest BCUT2D eigenvalue weighted by Crippen LogP contribution is -2.70. The van der Waals surface area contributed by atoms with Crippen molar-refractivity contribution in [1.82, 2.24) is 0 Å². The van der Waals surface area contributed by atoms with Crippen LogP contribution in [-0.4, -0.2) is 58.8 Å². The summed E-state index contributed by atoms with van der Waals surface area (Å²) in [7, 11) is 2.74. The molecule has 0 radical (unpaired) electrons. The first-order chi connectivity index (χ1) is 17.9. The summed E-state index contributed by atoms with van der Waals surface area (Å²) in [5, 5.41) is 36.1. The Kier molecular flexibility index (Phi) is 6.20. The Bertz CT molecular complexity index is 1110. The van der Waals surface area contributed by atoms with Crippen molar-refractivity contribution < 1.29 is 34.4 Å². The highest BCUT2D eigenvalue weighted by molar-refractivity contribution is 5.81. The molecule has 0 bridgehead atoms. The molecular weight excluding hydrogens is 496 g/mol. The number of esters is 2. The normalized spacial score (nSPS) is 53.8. The second-order valence-corrected chi connectivity index (χ2v) is 15.4. The molecule has 5 aliphatic rings. The van der Waals surface area contributed by atoms with E-state index in [-0.39, 0.29) is 41.0 Å². The Morgan fingerprint density at radius 2 is 1.54 bits per heavy atom. The van der Waals surface area contributed by atoms with Gasteiger partial charge in [0.25, 0.3) is 0 Å². The van der Waals surface area contributed by atoms with Crippen LogP contribution in [0.25, 0.3) is 0 Å². The summed E-state index contributed by atoms with van der Waals surface area (Å²) in [5.41, 5.74) is -4.82. The average Bonchev–Trinajstić information content (AvgIpc) is 3.02. The van der Waals surface area contributed by atoms with Crippen molar-refractivity contribution in [3.05, 3.63) is 11.6 Å². The molecule has 220 valence electrons. The molecule has 7 heteroatoms. The molecule has 5 rings (SSSR count). The quantitative estimate of drug-likeness (QED) is 0.347. The molecule has 4 fully saturated rings. The minimum Gasteiger partial charge on any atom is -0.469 e. The fourth-order valence-electron chi connectivity index (χ4n) is 11.5. The third-order valence-corrected chi connectivity index (χ3v) is 14.1. The summed E-state index contributed by atoms with van der Waals surface area (Å²) >= 11 is 0. The molecule has 0 amide bonds. The number of aliphatic hydroxyl groups is 3. The standard InChI is InChI=1S/C32H50O7/c1-18-12-15-31(24(34)38-8)16-22(33)29(6)19(23(31)30(18,7)36)10-11-21-27(4)17-32(37,25(35)39-9)26(2,3)20(27)13-14-28(21,29)5/h10,18,20-23,33,36-37H,11-17H2,1-9H3/t18-,20+,21-,22+,23-,27+,28-,29+,30-,31+,32+/m1/s1. The zero-order chi connectivity index (χ0) is 29.2. The van der Waals surface area contributed by atoms with Gasteiger partial charge in [0.15, 0.2) is 5.60 Å². The molecular formula is C32H50O7. The van der Waals surface area contributed by atoms with Gasteiger partial charge in [0, 0.05) is 16.7 Å². The van der Waals surface area contributed by atoms with Crippen LogP contribution in [0.15, 0.2) is 11.6 Å². The van der Waals surface area contributed by atoms with Crippen LogP contribution < -0.4 is 0 Å². The largest absolute Gasteiger partial charge is 0.469 e. The van der Waals surface area contributed by atoms with Crippen molar-refractivity contribution in [1.29, 1.82) is 0 Å². The smallest absolute Gasteiger partial charge is 0.338 e. The Balaban J connectivity index is 1.68. The molecule has 0 saturated heterocycles. The minimum atomic E-state index is -1.59. The topological polar surface area (TPSA) is 113 Å². The fraction of sp³-hybridized carbons (Fsp3) is 0.875. The van der Waals surface area contributed by atoms with E-state index in [2.05, 4.69) is 33.8 Å². The van der Waals surface area contributed by atoms with Crippen molar-refractivity contribution in [2.75, 3.05) is 14.2 Å². The monoisotopic (exact) mass is 546 g/mol. The number of methoxy groups -OCH3 is 2. The first kappa shape index (κ1) is 29.1. The SMILES string of the molecule is COC(=O)[C@]12CC[C@@H](C)[C@@](C)(O)[C@H]1C1=CC[C@@H]3[C@@]4(C)C[C@](O)(C(=O)OC)C(C)(C)[C@@H]4CC[C@@]3(C)[C@]1(C)[C@@H](O)C2. The first-order valence-electron chi connectivity index (χ1n) is 14.9. The van der Waals surface area contributed by atoms with Gasteiger partial charge >= 0.3 is 11.9 Å². The van der Waals surface area contributed by atoms with E-state index < -0.39 is 45.4 Å². The van der Waals surface area contributed by atoms with Crippen LogP contribution in [0.3, 0.4) is 0 Å². The summed E-state index contributed by atoms with van der Waals surface area (Å²) in [6.45, 7) is 14.5. The summed E-state index contributed by atoms with van der Waals surface area (Å²) in [4.78, 5) is 26.5. The van der Waals surface area contributed by atoms with E-state index in [1.807, 2.05) is 20.8 Å². The average molecular weight is 547 g/mol. The van der Waals surface area contributed by atoms with Gasteiger partial charge in [-0.05, 0) is 80.5 Å². The van der Waals surface area contributed by atoms with E-state index in [1.54, 1.807) is 0 Å². The highest BCUT2D eigenvalue weighted by Crippen LogP contribution is 2.78. The molecule has 0 heterocycles. The Labute approximate surface area is 233 Å². The number of ether oxygens (including phenoxy) is 2. The van der Waals surface area contributed by atoms with Gasteiger partial charge in [0.05, 0.1) is 31.3 Å². The molecule has 3 N–H and O–H groups in total. The molecule has 0 aliphatic heterocycles. The van der Waals surface area contributed by atoms with Crippen molar-refractivity contribution in [3.63, 3.8) is 0 Å². The number of carbonyl (C=O) groups excluding carboxylic acids is 2. The van der Waals surface area contributed by atoms with Gasteiger partial charge in [-0.3, -0.25) is 4.79 Å². The number of fused-ring (bicyclic) bond motifs is 7. The summed E-state index contributed by atoms with van der Waals surface area (Å²) in [6, 6.07) is 0. The first-order valence-corrected chi connectivity index (χ1v) is 14.9. The molecule has 0 spiro atoms. The van der Waals surface area contributed by atoms with Gasteiger partial charge in [0.2, 0.25) is 0 Å². The lowest BCUT2D eigenvalue weighted by Gasteiger charge is -2.70. The Morgan fingerprint density at radius 1 is 0.923 bits per heavy atom. The molecule has 0 aromatic rings. The lowest BCUT2D eigenvalue weighted by atomic mass is 9.34. The molecule has 39 heavy (non-hydrogen) atoms. The molecule has 7 nitrogen and oxygen atoms in total. The maximum absolute atomic E-state index is 13.5. The van der Waals surface area contributed by atoms with Crippen LogP contribution in [0.4, 0.5) is 0 Å². The maximum atomic E-state index is 13.5. The molecule has 11 atom stereocenters. The zero-order valence-electron chi connectivity index (χ0n) is 25.4. The summed E-state index contributed by atoms with van der Waals surface area (Å²) < 4.78 is 10.5. The van der Waals surface area contributed by atoms with Crippen LogP contribution in [0, 0.1) is 50.7 Å². The van der Waals surface area contributed by atoms with Crippen molar-refractivity contribution >= 4 is 11.9 Å². The third kappa shape index (κ3) is 3.11. The second kappa shape index (κ2) is 8.32. The summed E-state index contributed by atoms with van der Waals surface area (Å²) in [6.07, 6.45) is 5.56. The Hall–Kier alpha value is -1.44. The third-order valence-electron chi connectivity index (χ3n) is 14.1. The van der Waals surface area contributed by atoms with E-state index in [0.29, 0.717) is 25.7 Å². The molecule has 5 aliphatic carbocycles. The van der Waals surface area contributed by atoms with E-state index in [9.17, 15) is 24.9 Å². The number of hydrogen-bond acceptors (Lipinski definition) is 7. The number of rotatable bonds is 2. The van der Waals surface area contributed by atoms with Gasteiger partial charge in [-0.2, -0.15) is 0 Å². The minimum absolute atomic E-state index is 0.00912. The van der Waals surface area contributed by atoms with Crippen LogP contribution >= 0.6 is 0 Å². The van der Waals surface area contributed by atoms with Crippen molar-refractivity contribution in [2.24, 2.45) is 50.7 Å². The highest BCUT2D eigenvalue weighted by Gasteiger charge is 2.77. The van der Waals surface area contributed by atoms with E-state index >= 15 is 0 Å².